The number of hydrogen-bond donors (Lipinski definition) is 1. The van der Waals surface area contributed by atoms with E-state index in [1.807, 2.05) is 5.38 Å². The van der Waals surface area contributed by atoms with Gasteiger partial charge in [-0.25, -0.2) is 4.98 Å². The molecule has 1 fully saturated rings. The smallest absolute Gasteiger partial charge is 0.185 e. The van der Waals surface area contributed by atoms with Crippen LogP contribution in [-0.4, -0.2) is 36.4 Å². The fourth-order valence-electron chi connectivity index (χ4n) is 2.64. The Kier molecular flexibility index (Phi) is 4.03. The number of fused-ring (bicyclic) bond motifs is 1. The highest BCUT2D eigenvalue weighted by Gasteiger charge is 2.27. The Morgan fingerprint density at radius 1 is 1.48 bits per heavy atom. The predicted octanol–water partition coefficient (Wildman–Crippen LogP) is 2.49. The second-order valence-electron chi connectivity index (χ2n) is 5.37. The molecule has 21 heavy (non-hydrogen) atoms. The lowest BCUT2D eigenvalue weighted by atomic mass is 9.88. The molecule has 1 N–H and O–H groups in total. The number of piperazine rings is 1. The number of thiazole rings is 1. The first-order valence-corrected chi connectivity index (χ1v) is 8.03. The van der Waals surface area contributed by atoms with Crippen molar-refractivity contribution in [2.24, 2.45) is 0 Å². The Bertz CT molecular complexity index is 639. The molecule has 4 rings (SSSR count). The van der Waals surface area contributed by atoms with E-state index in [9.17, 15) is 4.79 Å². The van der Waals surface area contributed by atoms with Crippen LogP contribution in [0.25, 0.3) is 11.1 Å². The number of Topliss-reactive ketones (excluding diaryl/α,β-unsaturated/α-hetero) is 1. The molecule has 1 aromatic rings. The second kappa shape index (κ2) is 5.95. The highest BCUT2D eigenvalue weighted by molar-refractivity contribution is 7.13. The van der Waals surface area contributed by atoms with Crippen molar-refractivity contribution in [3.63, 3.8) is 0 Å². The van der Waals surface area contributed by atoms with Crippen LogP contribution in [0.2, 0.25) is 0 Å². The number of anilines is 1. The lowest BCUT2D eigenvalue weighted by Crippen LogP contribution is -2.54. The number of aryl methyl sites for hydroxylation is 1. The van der Waals surface area contributed by atoms with Gasteiger partial charge in [-0.3, -0.25) is 4.79 Å². The largest absolute Gasteiger partial charge is 0.335 e. The Labute approximate surface area is 128 Å². The molecule has 2 aliphatic carbocycles. The third-order valence-corrected chi connectivity index (χ3v) is 4.72. The van der Waals surface area contributed by atoms with Crippen molar-refractivity contribution in [3.05, 3.63) is 35.3 Å². The van der Waals surface area contributed by atoms with Crippen molar-refractivity contribution in [2.75, 3.05) is 24.5 Å². The molecule has 0 aromatic carbocycles. The number of carbonyl (C=O) groups excluding carboxylic acids is 1. The van der Waals surface area contributed by atoms with E-state index in [-0.39, 0.29) is 11.8 Å². The summed E-state index contributed by atoms with van der Waals surface area (Å²) in [6.07, 6.45) is 1.78. The standard InChI is InChI=1S/C9H13N3OS.C7H6/c1-7(13)8-6-10-2-4-12(8)9-11-3-5-14-9;1-5-4-6-2-3-7(5)6/h3,5,8,10H,2,4,6H2,1H3;2-4H,1H3. The molecule has 0 radical (unpaired) electrons. The Balaban J connectivity index is 0.000000156. The van der Waals surface area contributed by atoms with E-state index in [1.165, 1.54) is 16.7 Å². The molecule has 1 unspecified atom stereocenters. The average Bonchev–Trinajstić information content (AvgIpc) is 2.99. The number of carbonyl (C=O) groups is 1. The van der Waals surface area contributed by atoms with E-state index in [0.29, 0.717) is 0 Å². The predicted molar refractivity (Wildman–Crippen MR) is 87.0 cm³/mol. The topological polar surface area (TPSA) is 45.2 Å². The first kappa shape index (κ1) is 14.2. The van der Waals surface area contributed by atoms with Gasteiger partial charge >= 0.3 is 0 Å². The Morgan fingerprint density at radius 3 is 2.76 bits per heavy atom. The van der Waals surface area contributed by atoms with Crippen LogP contribution >= 0.6 is 11.3 Å². The van der Waals surface area contributed by atoms with Gasteiger partial charge in [0.15, 0.2) is 10.9 Å². The minimum atomic E-state index is -0.0464. The summed E-state index contributed by atoms with van der Waals surface area (Å²) in [5.41, 5.74) is 4.36. The van der Waals surface area contributed by atoms with Gasteiger partial charge < -0.3 is 10.2 Å². The normalized spacial score (nSPS) is 18.8. The van der Waals surface area contributed by atoms with E-state index >= 15 is 0 Å². The molecule has 0 bridgehead atoms. The van der Waals surface area contributed by atoms with E-state index in [4.69, 9.17) is 0 Å². The molecule has 5 heteroatoms. The maximum absolute atomic E-state index is 11.4. The lowest BCUT2D eigenvalue weighted by molar-refractivity contribution is -0.118. The van der Waals surface area contributed by atoms with Crippen molar-refractivity contribution in [1.82, 2.24) is 10.3 Å². The van der Waals surface area contributed by atoms with Crippen molar-refractivity contribution in [2.45, 2.75) is 19.9 Å². The number of nitrogens with one attached hydrogen (secondary N) is 1. The summed E-state index contributed by atoms with van der Waals surface area (Å²) in [5, 5.41) is 6.11. The molecule has 1 saturated heterocycles. The van der Waals surface area contributed by atoms with Crippen LogP contribution < -0.4 is 10.2 Å². The fourth-order valence-corrected chi connectivity index (χ4v) is 3.35. The third kappa shape index (κ3) is 2.84. The summed E-state index contributed by atoms with van der Waals surface area (Å²) in [5.74, 6) is 0.201. The first-order chi connectivity index (χ1) is 10.2. The molecule has 0 saturated carbocycles. The van der Waals surface area contributed by atoms with Crippen molar-refractivity contribution < 1.29 is 4.79 Å². The van der Waals surface area contributed by atoms with E-state index in [2.05, 4.69) is 40.3 Å². The number of aromatic nitrogens is 1. The molecule has 110 valence electrons. The monoisotopic (exact) mass is 301 g/mol. The molecule has 0 spiro atoms. The van der Waals surface area contributed by atoms with Crippen molar-refractivity contribution in [3.8, 4) is 11.1 Å². The fraction of sp³-hybridized carbons (Fsp3) is 0.375. The van der Waals surface area contributed by atoms with E-state index < -0.39 is 0 Å². The summed E-state index contributed by atoms with van der Waals surface area (Å²) >= 11 is 1.59. The quantitative estimate of drug-likeness (QED) is 0.790. The third-order valence-electron chi connectivity index (χ3n) is 3.92. The number of rotatable bonds is 2. The summed E-state index contributed by atoms with van der Waals surface area (Å²) in [7, 11) is 0. The molecule has 4 nitrogen and oxygen atoms in total. The van der Waals surface area contributed by atoms with Gasteiger partial charge in [-0.2, -0.15) is 0 Å². The summed E-state index contributed by atoms with van der Waals surface area (Å²) in [6.45, 7) is 6.29. The van der Waals surface area contributed by atoms with Crippen LogP contribution in [-0.2, 0) is 4.79 Å². The first-order valence-electron chi connectivity index (χ1n) is 7.15. The molecule has 3 aliphatic rings. The summed E-state index contributed by atoms with van der Waals surface area (Å²) < 4.78 is 0. The van der Waals surface area contributed by atoms with Gasteiger partial charge in [0.05, 0.1) is 0 Å². The van der Waals surface area contributed by atoms with Gasteiger partial charge in [-0.05, 0) is 30.5 Å². The zero-order chi connectivity index (χ0) is 14.8. The lowest BCUT2D eigenvalue weighted by Gasteiger charge is -2.34. The van der Waals surface area contributed by atoms with Crippen molar-refractivity contribution in [1.29, 1.82) is 0 Å². The second-order valence-corrected chi connectivity index (χ2v) is 6.24. The summed E-state index contributed by atoms with van der Waals surface area (Å²) in [6, 6.07) is 6.46. The van der Waals surface area contributed by atoms with Crippen LogP contribution in [0.5, 0.6) is 0 Å². The average molecular weight is 301 g/mol. The Hall–Kier alpha value is -1.72. The van der Waals surface area contributed by atoms with Crippen LogP contribution in [0, 0.1) is 6.92 Å². The molecular weight excluding hydrogens is 282 g/mol. The molecule has 1 atom stereocenters. The van der Waals surface area contributed by atoms with Crippen LogP contribution in [0.15, 0.2) is 29.8 Å². The maximum Gasteiger partial charge on any atom is 0.185 e. The van der Waals surface area contributed by atoms with Gasteiger partial charge in [0, 0.05) is 31.2 Å². The van der Waals surface area contributed by atoms with E-state index in [1.54, 1.807) is 24.5 Å². The number of benzene rings is 1. The van der Waals surface area contributed by atoms with Crippen LogP contribution in [0.4, 0.5) is 5.13 Å². The maximum atomic E-state index is 11.4. The zero-order valence-electron chi connectivity index (χ0n) is 12.3. The molecule has 0 amide bonds. The minimum Gasteiger partial charge on any atom is -0.335 e. The number of hydrogen-bond acceptors (Lipinski definition) is 5. The van der Waals surface area contributed by atoms with Gasteiger partial charge in [-0.15, -0.1) is 11.3 Å². The SMILES string of the molecule is CC(=O)C1CNCCN1c1nccs1.Cc1cc2ccc1-2. The highest BCUT2D eigenvalue weighted by atomic mass is 32.1. The molecule has 2 heterocycles. The molecule has 1 aliphatic heterocycles. The minimum absolute atomic E-state index is 0.0464. The van der Waals surface area contributed by atoms with Crippen LogP contribution in [0.3, 0.4) is 0 Å². The van der Waals surface area contributed by atoms with Crippen molar-refractivity contribution >= 4 is 22.3 Å². The van der Waals surface area contributed by atoms with E-state index in [0.717, 1.165) is 24.8 Å². The number of ketones is 1. The number of nitrogens with zero attached hydrogens (tertiary/aromatic N) is 2. The Morgan fingerprint density at radius 2 is 2.33 bits per heavy atom. The molecular formula is C16H19N3OS. The van der Waals surface area contributed by atoms with Crippen LogP contribution in [0.1, 0.15) is 12.5 Å². The van der Waals surface area contributed by atoms with Gasteiger partial charge in [0.2, 0.25) is 0 Å². The van der Waals surface area contributed by atoms with Gasteiger partial charge in [0.1, 0.15) is 6.04 Å². The highest BCUT2D eigenvalue weighted by Crippen LogP contribution is 2.35. The summed E-state index contributed by atoms with van der Waals surface area (Å²) in [4.78, 5) is 17.7. The molecule has 1 aromatic heterocycles. The van der Waals surface area contributed by atoms with Gasteiger partial charge in [-0.1, -0.05) is 18.2 Å². The zero-order valence-corrected chi connectivity index (χ0v) is 13.1. The van der Waals surface area contributed by atoms with Gasteiger partial charge in [0.25, 0.3) is 0 Å².